The number of hydrogen-bond donors (Lipinski definition) is 3. The molecule has 0 fully saturated rings. The van der Waals surface area contributed by atoms with Crippen LogP contribution in [-0.4, -0.2) is 28.6 Å². The van der Waals surface area contributed by atoms with Crippen molar-refractivity contribution < 1.29 is 79.6 Å². The molecule has 0 atom stereocenters. The molecule has 0 saturated carbocycles. The Morgan fingerprint density at radius 1 is 1.18 bits per heavy atom. The van der Waals surface area contributed by atoms with E-state index in [9.17, 15) is 13.2 Å². The first-order chi connectivity index (χ1) is 4.29. The zero-order valence-electron chi connectivity index (χ0n) is 5.76. The summed E-state index contributed by atoms with van der Waals surface area (Å²) < 4.78 is 31.8. The average molecular weight is 196 g/mol. The van der Waals surface area contributed by atoms with Crippen molar-refractivity contribution in [1.29, 1.82) is 0 Å². The van der Waals surface area contributed by atoms with E-state index in [1.807, 2.05) is 0 Å². The van der Waals surface area contributed by atoms with Crippen LogP contribution in [-0.2, 0) is 0 Å². The predicted octanol–water partition coefficient (Wildman–Crippen LogP) is -3.51. The van der Waals surface area contributed by atoms with Crippen molar-refractivity contribution in [1.82, 2.24) is 0 Å². The Bertz CT molecular complexity index is 93.6. The van der Waals surface area contributed by atoms with Crippen LogP contribution in [0.3, 0.4) is 0 Å². The van der Waals surface area contributed by atoms with E-state index in [2.05, 4.69) is 6.58 Å². The molecular weight excluding hydrogens is 191 g/mol. The fourth-order valence-corrected chi connectivity index (χ4v) is 0. The quantitative estimate of drug-likeness (QED) is 0.278. The molecule has 0 rings (SSSR count). The third-order valence-electron chi connectivity index (χ3n) is 0.200. The predicted molar refractivity (Wildman–Crippen MR) is 27.3 cm³/mol. The summed E-state index contributed by atoms with van der Waals surface area (Å²) in [7, 11) is -2.17. The van der Waals surface area contributed by atoms with Gasteiger partial charge in [-0.3, -0.25) is 6.58 Å². The van der Waals surface area contributed by atoms with Crippen molar-refractivity contribution in [3.8, 4) is 0 Å². The van der Waals surface area contributed by atoms with Crippen molar-refractivity contribution in [3.63, 3.8) is 0 Å². The second-order valence-electron chi connectivity index (χ2n) is 1.02. The first-order valence-electron chi connectivity index (χ1n) is 1.95. The van der Waals surface area contributed by atoms with Crippen molar-refractivity contribution in [3.05, 3.63) is 12.7 Å². The third-order valence-corrected chi connectivity index (χ3v) is 0.200. The zero-order chi connectivity index (χ0) is 8.78. The summed E-state index contributed by atoms with van der Waals surface area (Å²) >= 11 is 0. The Morgan fingerprint density at radius 3 is 1.27 bits per heavy atom. The molecule has 0 aromatic rings. The summed E-state index contributed by atoms with van der Waals surface area (Å²) in [6.07, 6.45) is -3.47. The van der Waals surface area contributed by atoms with Crippen LogP contribution in [0.4, 0.5) is 13.2 Å². The van der Waals surface area contributed by atoms with E-state index in [1.165, 1.54) is 0 Å². The minimum absolute atomic E-state index is 0. The first kappa shape index (κ1) is 18.0. The number of alkyl halides is 3. The van der Waals surface area contributed by atoms with Crippen LogP contribution >= 0.6 is 0 Å². The molecule has 11 heavy (non-hydrogen) atoms. The number of hydrogen-bond acceptors (Lipinski definition) is 3. The molecule has 3 N–H and O–H groups in total. The normalized spacial score (nSPS) is 8.55. The molecule has 0 aromatic carbocycles. The van der Waals surface area contributed by atoms with Gasteiger partial charge >= 0.3 is 58.7 Å². The minimum atomic E-state index is -4.32. The third kappa shape index (κ3) is 54.6. The van der Waals surface area contributed by atoms with Gasteiger partial charge in [0.25, 0.3) is 6.18 Å². The van der Waals surface area contributed by atoms with Crippen LogP contribution in [0.5, 0.6) is 0 Å². The summed E-state index contributed by atoms with van der Waals surface area (Å²) in [6, 6.07) is 0. The Morgan fingerprint density at radius 2 is 1.27 bits per heavy atom. The van der Waals surface area contributed by atoms with Gasteiger partial charge in [0.2, 0.25) is 0 Å². The Balaban J connectivity index is -0.000000114. The second-order valence-corrected chi connectivity index (χ2v) is 1.02. The Kier molecular flexibility index (Phi) is 15.1. The van der Waals surface area contributed by atoms with Gasteiger partial charge in [0.15, 0.2) is 0 Å². The van der Waals surface area contributed by atoms with Gasteiger partial charge in [-0.2, -0.15) is 0 Å². The molecular formula is C3H5BF3KO3. The van der Waals surface area contributed by atoms with E-state index in [0.717, 1.165) is 6.08 Å². The van der Waals surface area contributed by atoms with E-state index < -0.39 is 13.5 Å². The van der Waals surface area contributed by atoms with Gasteiger partial charge in [0, 0.05) is 0 Å². The SMILES string of the molecule is C=[C-]C(F)(F)F.OB(O)O.[K+]. The van der Waals surface area contributed by atoms with E-state index in [4.69, 9.17) is 15.1 Å². The fourth-order valence-electron chi connectivity index (χ4n) is 0. The minimum Gasteiger partial charge on any atom is -0.402 e. The van der Waals surface area contributed by atoms with Crippen molar-refractivity contribution >= 4 is 7.32 Å². The monoisotopic (exact) mass is 196 g/mol. The molecule has 0 amide bonds. The fraction of sp³-hybridized carbons (Fsp3) is 0.333. The topological polar surface area (TPSA) is 60.7 Å². The molecule has 3 nitrogen and oxygen atoms in total. The molecule has 0 spiro atoms. The molecule has 0 radical (unpaired) electrons. The van der Waals surface area contributed by atoms with Crippen LogP contribution in [0, 0.1) is 6.08 Å². The van der Waals surface area contributed by atoms with Crippen molar-refractivity contribution in [2.24, 2.45) is 0 Å². The van der Waals surface area contributed by atoms with Crippen molar-refractivity contribution in [2.75, 3.05) is 0 Å². The molecule has 0 aliphatic rings. The van der Waals surface area contributed by atoms with E-state index >= 15 is 0 Å². The number of rotatable bonds is 0. The molecule has 8 heteroatoms. The van der Waals surface area contributed by atoms with Crippen LogP contribution in [0.2, 0.25) is 0 Å². The van der Waals surface area contributed by atoms with Gasteiger partial charge in [0.05, 0.1) is 0 Å². The van der Waals surface area contributed by atoms with E-state index in [1.54, 1.807) is 0 Å². The van der Waals surface area contributed by atoms with Gasteiger partial charge < -0.3 is 21.1 Å². The van der Waals surface area contributed by atoms with Crippen LogP contribution in [0.1, 0.15) is 0 Å². The molecule has 0 heterocycles. The Labute approximate surface area is 105 Å². The molecule has 0 aromatic heterocycles. The molecule has 0 bridgehead atoms. The van der Waals surface area contributed by atoms with E-state index in [-0.39, 0.29) is 51.4 Å². The largest absolute Gasteiger partial charge is 1.00 e. The van der Waals surface area contributed by atoms with Gasteiger partial charge in [-0.25, -0.2) is 13.2 Å². The van der Waals surface area contributed by atoms with Crippen LogP contribution < -0.4 is 51.4 Å². The second kappa shape index (κ2) is 9.20. The Hall–Kier alpha value is 1.11. The number of halogens is 3. The summed E-state index contributed by atoms with van der Waals surface area (Å²) in [4.78, 5) is 0. The smallest absolute Gasteiger partial charge is 0.402 e. The summed E-state index contributed by atoms with van der Waals surface area (Å²) in [5.41, 5.74) is 0. The molecule has 0 unspecified atom stereocenters. The van der Waals surface area contributed by atoms with Gasteiger partial charge in [-0.15, -0.1) is 0 Å². The molecule has 0 aliphatic carbocycles. The van der Waals surface area contributed by atoms with Crippen LogP contribution in [0.15, 0.2) is 6.58 Å². The molecule has 60 valence electrons. The summed E-state index contributed by atoms with van der Waals surface area (Å²) in [5, 5.41) is 21.5. The zero-order valence-corrected chi connectivity index (χ0v) is 8.88. The maximum atomic E-state index is 10.6. The molecule has 0 aliphatic heterocycles. The van der Waals surface area contributed by atoms with Crippen LogP contribution in [0.25, 0.3) is 0 Å². The standard InChI is InChI=1S/C3H2F3.BH3O3.K/c1-2-3(4,5)6;2-1(3)4;/h1H2;2-4H;/q-1;;+1. The maximum Gasteiger partial charge on any atom is 1.00 e. The molecule has 0 saturated heterocycles. The number of allylic oxidation sites excluding steroid dienone is 1. The summed E-state index contributed by atoms with van der Waals surface area (Å²) in [5.74, 6) is 0. The van der Waals surface area contributed by atoms with Gasteiger partial charge in [0.1, 0.15) is 0 Å². The van der Waals surface area contributed by atoms with Gasteiger partial charge in [-0.1, -0.05) is 0 Å². The first-order valence-corrected chi connectivity index (χ1v) is 1.95. The summed E-state index contributed by atoms with van der Waals surface area (Å²) in [6.45, 7) is 2.38. The van der Waals surface area contributed by atoms with Crippen molar-refractivity contribution in [2.45, 2.75) is 6.18 Å². The van der Waals surface area contributed by atoms with E-state index in [0.29, 0.717) is 0 Å². The maximum absolute atomic E-state index is 10.6. The average Bonchev–Trinajstić information content (AvgIpc) is 1.63. The van der Waals surface area contributed by atoms with Gasteiger partial charge in [-0.05, 0) is 0 Å².